The molecule has 0 saturated heterocycles. The molecule has 254 valence electrons. The fraction of sp³-hybridized carbons (Fsp3) is 0.846. The Balaban J connectivity index is 1.67. The van der Waals surface area contributed by atoms with Crippen LogP contribution in [0.1, 0.15) is 133 Å². The lowest BCUT2D eigenvalue weighted by Gasteiger charge is -2.44. The van der Waals surface area contributed by atoms with E-state index in [-0.39, 0.29) is 22.8 Å². The van der Waals surface area contributed by atoms with Crippen LogP contribution in [0.2, 0.25) is 36.3 Å². The molecule has 3 aliphatic carbocycles. The highest BCUT2D eigenvalue weighted by Gasteiger charge is 2.50. The summed E-state index contributed by atoms with van der Waals surface area (Å²) in [5, 5.41) is 0.205. The van der Waals surface area contributed by atoms with Crippen LogP contribution in [-0.2, 0) is 8.85 Å². The maximum Gasteiger partial charge on any atom is 0.192 e. The van der Waals surface area contributed by atoms with Crippen molar-refractivity contribution in [2.24, 2.45) is 28.9 Å². The van der Waals surface area contributed by atoms with E-state index in [0.717, 1.165) is 36.2 Å². The summed E-state index contributed by atoms with van der Waals surface area (Å²) in [5.41, 5.74) is 11.2. The van der Waals surface area contributed by atoms with E-state index in [4.69, 9.17) is 14.6 Å². The molecule has 44 heavy (non-hydrogen) atoms. The van der Waals surface area contributed by atoms with E-state index in [2.05, 4.69) is 101 Å². The van der Waals surface area contributed by atoms with E-state index in [9.17, 15) is 0 Å². The third kappa shape index (κ3) is 8.71. The Kier molecular flexibility index (Phi) is 12.7. The van der Waals surface area contributed by atoms with Crippen molar-refractivity contribution in [2.75, 3.05) is 0 Å². The van der Waals surface area contributed by atoms with Crippen molar-refractivity contribution >= 4 is 16.6 Å². The van der Waals surface area contributed by atoms with Gasteiger partial charge in [-0.25, -0.2) is 0 Å². The summed E-state index contributed by atoms with van der Waals surface area (Å²) in [4.78, 5) is 0. The molecular weight excluding hydrogens is 571 g/mol. The van der Waals surface area contributed by atoms with E-state index in [1.165, 1.54) is 75.1 Å². The first kappa shape index (κ1) is 38.0. The van der Waals surface area contributed by atoms with Crippen molar-refractivity contribution in [1.82, 2.24) is 0 Å². The van der Waals surface area contributed by atoms with Crippen LogP contribution in [0.3, 0.4) is 0 Å². The average Bonchev–Trinajstić information content (AvgIpc) is 3.29. The second kappa shape index (κ2) is 14.7. The highest BCUT2D eigenvalue weighted by atomic mass is 28.4. The van der Waals surface area contributed by atoms with E-state index >= 15 is 0 Å². The Bertz CT molecular complexity index is 1020. The van der Waals surface area contributed by atoms with Crippen molar-refractivity contribution in [1.29, 1.82) is 0 Å². The molecule has 0 radical (unpaired) electrons. The first-order valence-corrected chi connectivity index (χ1v) is 24.0. The molecule has 2 N–H and O–H groups in total. The monoisotopic (exact) mass is 644 g/mol. The lowest BCUT2D eigenvalue weighted by molar-refractivity contribution is 0.0704. The topological polar surface area (TPSA) is 44.5 Å². The van der Waals surface area contributed by atoms with Gasteiger partial charge in [0.25, 0.3) is 0 Å². The van der Waals surface area contributed by atoms with E-state index in [1.54, 1.807) is 5.57 Å². The number of hydrogen-bond acceptors (Lipinski definition) is 3. The van der Waals surface area contributed by atoms with Gasteiger partial charge in [0, 0.05) is 6.04 Å². The summed E-state index contributed by atoms with van der Waals surface area (Å²) in [6.45, 7) is 33.1. The van der Waals surface area contributed by atoms with Crippen LogP contribution in [-0.4, -0.2) is 34.4 Å². The summed E-state index contributed by atoms with van der Waals surface area (Å²) < 4.78 is 13.8. The van der Waals surface area contributed by atoms with Gasteiger partial charge >= 0.3 is 0 Å². The van der Waals surface area contributed by atoms with Crippen LogP contribution in [0.4, 0.5) is 0 Å². The maximum atomic E-state index is 6.94. The summed E-state index contributed by atoms with van der Waals surface area (Å²) in [5.74, 6) is 2.31. The Morgan fingerprint density at radius 1 is 1.05 bits per heavy atom. The molecule has 0 bridgehead atoms. The molecule has 3 nitrogen and oxygen atoms in total. The van der Waals surface area contributed by atoms with Crippen LogP contribution >= 0.6 is 0 Å². The number of rotatable bonds is 13. The molecule has 3 aliphatic rings. The smallest absolute Gasteiger partial charge is 0.192 e. The second-order valence-electron chi connectivity index (χ2n) is 17.6. The van der Waals surface area contributed by atoms with Gasteiger partial charge < -0.3 is 14.6 Å². The van der Waals surface area contributed by atoms with Gasteiger partial charge in [0.1, 0.15) is 0 Å². The van der Waals surface area contributed by atoms with Gasteiger partial charge in [-0.15, -0.1) is 0 Å². The molecule has 3 fully saturated rings. The van der Waals surface area contributed by atoms with Gasteiger partial charge in [0.05, 0.1) is 11.7 Å². The van der Waals surface area contributed by atoms with Crippen molar-refractivity contribution in [3.8, 4) is 0 Å². The highest BCUT2D eigenvalue weighted by molar-refractivity contribution is 6.74. The SMILES string of the molecule is C=C1/C(=C\C=C2/CCC[C@]3(C)[C@@H]([C@H](C)CCCC(C)(C)O[Si](CC)(CC)CC)CC[C@@H]23)CC(O[Si](C)(C)C(C)(C)C)C[C@@H]1N. The summed E-state index contributed by atoms with van der Waals surface area (Å²) >= 11 is 0. The lowest BCUT2D eigenvalue weighted by atomic mass is 9.60. The maximum absolute atomic E-state index is 6.94. The van der Waals surface area contributed by atoms with Crippen LogP contribution in [0.25, 0.3) is 0 Å². The fourth-order valence-corrected chi connectivity index (χ4v) is 13.6. The summed E-state index contributed by atoms with van der Waals surface area (Å²) in [7, 11) is -3.42. The van der Waals surface area contributed by atoms with Crippen molar-refractivity contribution < 1.29 is 8.85 Å². The molecule has 1 unspecified atom stereocenters. The molecule has 0 heterocycles. The fourth-order valence-electron chi connectivity index (χ4n) is 9.06. The molecule has 3 rings (SSSR count). The Hall–Kier alpha value is -0.466. The van der Waals surface area contributed by atoms with Gasteiger partial charge in [0.2, 0.25) is 0 Å². The molecule has 0 amide bonds. The van der Waals surface area contributed by atoms with Crippen LogP contribution in [0, 0.1) is 23.2 Å². The van der Waals surface area contributed by atoms with Gasteiger partial charge in [-0.1, -0.05) is 92.5 Å². The molecule has 0 spiro atoms. The Labute approximate surface area is 276 Å². The minimum atomic E-state index is -1.84. The van der Waals surface area contributed by atoms with Gasteiger partial charge in [-0.2, -0.15) is 0 Å². The molecular formula is C39H73NO2Si2. The third-order valence-electron chi connectivity index (χ3n) is 13.2. The van der Waals surface area contributed by atoms with Crippen LogP contribution in [0.15, 0.2) is 35.5 Å². The van der Waals surface area contributed by atoms with E-state index in [0.29, 0.717) is 5.41 Å². The first-order chi connectivity index (χ1) is 20.3. The number of hydrogen-bond donors (Lipinski definition) is 1. The van der Waals surface area contributed by atoms with Crippen LogP contribution < -0.4 is 5.73 Å². The Morgan fingerprint density at radius 2 is 1.68 bits per heavy atom. The van der Waals surface area contributed by atoms with Crippen molar-refractivity contribution in [3.63, 3.8) is 0 Å². The van der Waals surface area contributed by atoms with Gasteiger partial charge in [0.15, 0.2) is 16.6 Å². The Morgan fingerprint density at radius 3 is 2.27 bits per heavy atom. The predicted octanol–water partition coefficient (Wildman–Crippen LogP) is 11.7. The minimum Gasteiger partial charge on any atom is -0.414 e. The third-order valence-corrected chi connectivity index (χ3v) is 22.6. The average molecular weight is 644 g/mol. The van der Waals surface area contributed by atoms with Crippen molar-refractivity contribution in [2.45, 2.75) is 187 Å². The molecule has 6 atom stereocenters. The van der Waals surface area contributed by atoms with Crippen LogP contribution in [0.5, 0.6) is 0 Å². The lowest BCUT2D eigenvalue weighted by Crippen LogP contribution is -2.47. The van der Waals surface area contributed by atoms with Gasteiger partial charge in [-0.3, -0.25) is 0 Å². The van der Waals surface area contributed by atoms with E-state index < -0.39 is 16.6 Å². The zero-order valence-electron chi connectivity index (χ0n) is 31.3. The number of nitrogens with two attached hydrogens (primary N) is 1. The zero-order chi connectivity index (χ0) is 33.1. The summed E-state index contributed by atoms with van der Waals surface area (Å²) in [6, 6.07) is 3.71. The largest absolute Gasteiger partial charge is 0.414 e. The number of fused-ring (bicyclic) bond motifs is 1. The molecule has 0 aromatic heterocycles. The minimum absolute atomic E-state index is 0.00319. The molecule has 0 aromatic carbocycles. The van der Waals surface area contributed by atoms with E-state index in [1.807, 2.05) is 0 Å². The van der Waals surface area contributed by atoms with Gasteiger partial charge in [-0.05, 0) is 136 Å². The number of allylic oxidation sites excluding steroid dienone is 3. The summed E-state index contributed by atoms with van der Waals surface area (Å²) in [6.07, 6.45) is 17.4. The first-order valence-electron chi connectivity index (χ1n) is 18.6. The quantitative estimate of drug-likeness (QED) is 0.203. The molecule has 0 aromatic rings. The predicted molar refractivity (Wildman–Crippen MR) is 198 cm³/mol. The van der Waals surface area contributed by atoms with Crippen molar-refractivity contribution in [3.05, 3.63) is 35.5 Å². The standard InChI is InChI=1S/C39H73NO2Si2/c1-14-44(15-2,16-3)42-38(9,10)25-17-19-29(4)34-23-24-35-31(20-18-26-39(34,35)11)21-22-32-27-33(28-36(40)30(32)5)41-43(12,13)37(6,7)8/h21-22,29,33-36H,5,14-20,23-28,40H2,1-4,6-13H3/b31-21+,32-22-/t29-,33?,34-,35+,36+,39-/m1/s1. The molecule has 0 aliphatic heterocycles. The molecule has 3 saturated carbocycles. The second-order valence-corrected chi connectivity index (χ2v) is 27.0. The normalized spacial score (nSPS) is 31.5. The zero-order valence-corrected chi connectivity index (χ0v) is 33.3. The highest BCUT2D eigenvalue weighted by Crippen LogP contribution is 2.60. The molecule has 5 heteroatoms.